The van der Waals surface area contributed by atoms with Gasteiger partial charge >= 0.3 is 6.09 Å². The van der Waals surface area contributed by atoms with E-state index in [0.717, 1.165) is 6.54 Å². The zero-order valence-electron chi connectivity index (χ0n) is 9.37. The van der Waals surface area contributed by atoms with Crippen molar-refractivity contribution in [2.75, 3.05) is 13.2 Å². The maximum absolute atomic E-state index is 11.5. The molecule has 0 aliphatic carbocycles. The van der Waals surface area contributed by atoms with E-state index in [0.29, 0.717) is 6.61 Å². The van der Waals surface area contributed by atoms with Gasteiger partial charge in [0, 0.05) is 6.54 Å². The summed E-state index contributed by atoms with van der Waals surface area (Å²) in [4.78, 5) is 11.5. The number of fused-ring (bicyclic) bond motifs is 2. The number of nitrogens with one attached hydrogen (secondary N) is 2. The monoisotopic (exact) mass is 214 g/mol. The second kappa shape index (κ2) is 3.64. The minimum Gasteiger partial charge on any atom is -0.444 e. The van der Waals surface area contributed by atoms with E-state index in [2.05, 4.69) is 10.6 Å². The molecule has 86 valence electrons. The van der Waals surface area contributed by atoms with Crippen molar-refractivity contribution in [3.05, 3.63) is 0 Å². The molecule has 0 saturated carbocycles. The molecule has 15 heavy (non-hydrogen) atoms. The fraction of sp³-hybridized carbons (Fsp3) is 0.900. The number of morpholine rings is 1. The van der Waals surface area contributed by atoms with E-state index in [9.17, 15) is 4.79 Å². The highest BCUT2D eigenvalue weighted by molar-refractivity contribution is 5.68. The molecule has 2 saturated heterocycles. The third-order valence-corrected chi connectivity index (χ3v) is 2.59. The van der Waals surface area contributed by atoms with Gasteiger partial charge in [-0.3, -0.25) is 0 Å². The third-order valence-electron chi connectivity index (χ3n) is 2.59. The minimum absolute atomic E-state index is 0.0554. The molecule has 2 fully saturated rings. The quantitative estimate of drug-likeness (QED) is 0.657. The molecule has 2 rings (SSSR count). The van der Waals surface area contributed by atoms with Gasteiger partial charge in [-0.1, -0.05) is 0 Å². The van der Waals surface area contributed by atoms with Gasteiger partial charge in [0.2, 0.25) is 0 Å². The summed E-state index contributed by atoms with van der Waals surface area (Å²) in [6.45, 7) is 7.04. The van der Waals surface area contributed by atoms with Crippen LogP contribution in [0.2, 0.25) is 0 Å². The first-order chi connectivity index (χ1) is 6.96. The Kier molecular flexibility index (Phi) is 2.60. The number of hydrogen-bond donors (Lipinski definition) is 2. The molecule has 0 spiro atoms. The second-order valence-corrected chi connectivity index (χ2v) is 5.06. The smallest absolute Gasteiger partial charge is 0.408 e. The van der Waals surface area contributed by atoms with Gasteiger partial charge in [-0.2, -0.15) is 0 Å². The first-order valence-corrected chi connectivity index (χ1v) is 5.30. The highest BCUT2D eigenvalue weighted by Gasteiger charge is 2.44. The van der Waals surface area contributed by atoms with Crippen LogP contribution in [0.5, 0.6) is 0 Å². The van der Waals surface area contributed by atoms with Crippen molar-refractivity contribution >= 4 is 6.09 Å². The molecule has 0 aromatic heterocycles. The second-order valence-electron chi connectivity index (χ2n) is 5.06. The van der Waals surface area contributed by atoms with Crippen LogP contribution in [0, 0.1) is 0 Å². The van der Waals surface area contributed by atoms with Crippen LogP contribution in [0.15, 0.2) is 0 Å². The van der Waals surface area contributed by atoms with Gasteiger partial charge in [0.15, 0.2) is 0 Å². The van der Waals surface area contributed by atoms with E-state index >= 15 is 0 Å². The van der Waals surface area contributed by atoms with Crippen molar-refractivity contribution in [2.45, 2.75) is 44.6 Å². The maximum atomic E-state index is 11.5. The first-order valence-electron chi connectivity index (χ1n) is 5.30. The zero-order chi connectivity index (χ0) is 11.1. The highest BCUT2D eigenvalue weighted by Crippen LogP contribution is 2.20. The molecule has 2 aliphatic rings. The Morgan fingerprint density at radius 2 is 2.27 bits per heavy atom. The van der Waals surface area contributed by atoms with Gasteiger partial charge in [-0.05, 0) is 20.8 Å². The molecule has 3 unspecified atom stereocenters. The van der Waals surface area contributed by atoms with E-state index < -0.39 is 5.60 Å². The van der Waals surface area contributed by atoms with Crippen molar-refractivity contribution in [3.63, 3.8) is 0 Å². The average Bonchev–Trinajstić information content (AvgIpc) is 2.61. The number of carbonyl (C=O) groups excluding carboxylic acids is 1. The van der Waals surface area contributed by atoms with Crippen molar-refractivity contribution in [3.8, 4) is 0 Å². The largest absolute Gasteiger partial charge is 0.444 e. The van der Waals surface area contributed by atoms with Crippen molar-refractivity contribution < 1.29 is 14.3 Å². The molecular weight excluding hydrogens is 196 g/mol. The predicted octanol–water partition coefficient (Wildman–Crippen LogP) is 0.250. The van der Waals surface area contributed by atoms with Crippen LogP contribution >= 0.6 is 0 Å². The molecule has 5 nitrogen and oxygen atoms in total. The summed E-state index contributed by atoms with van der Waals surface area (Å²) in [5.41, 5.74) is -0.448. The van der Waals surface area contributed by atoms with E-state index in [4.69, 9.17) is 9.47 Å². The summed E-state index contributed by atoms with van der Waals surface area (Å²) in [6, 6.07) is 0.294. The van der Waals surface area contributed by atoms with Crippen LogP contribution in [0.3, 0.4) is 0 Å². The number of ether oxygens (including phenoxy) is 2. The summed E-state index contributed by atoms with van der Waals surface area (Å²) < 4.78 is 10.7. The fourth-order valence-corrected chi connectivity index (χ4v) is 1.97. The van der Waals surface area contributed by atoms with Crippen LogP contribution in [-0.2, 0) is 9.47 Å². The lowest BCUT2D eigenvalue weighted by molar-refractivity contribution is 0.0461. The molecular formula is C10H18N2O3. The van der Waals surface area contributed by atoms with Gasteiger partial charge in [0.05, 0.1) is 24.8 Å². The molecule has 0 aromatic rings. The Morgan fingerprint density at radius 1 is 1.53 bits per heavy atom. The summed E-state index contributed by atoms with van der Waals surface area (Å²) in [7, 11) is 0. The average molecular weight is 214 g/mol. The normalized spacial score (nSPS) is 34.2. The standard InChI is InChI=1S/C10H18N2O3/c1-10(2,3)15-9(13)12-8-6-5-14-7(8)4-11-6/h6-8,11H,4-5H2,1-3H3,(H,12,13). The molecule has 2 N–H and O–H groups in total. The predicted molar refractivity (Wildman–Crippen MR) is 54.7 cm³/mol. The Bertz CT molecular complexity index is 242. The van der Waals surface area contributed by atoms with Crippen molar-refractivity contribution in [2.24, 2.45) is 0 Å². The Morgan fingerprint density at radius 3 is 2.67 bits per heavy atom. The van der Waals surface area contributed by atoms with E-state index in [1.165, 1.54) is 0 Å². The lowest BCUT2D eigenvalue weighted by atomic mass is 10.1. The number of carbonyl (C=O) groups is 1. The van der Waals surface area contributed by atoms with Crippen LogP contribution in [-0.4, -0.2) is 43.0 Å². The minimum atomic E-state index is -0.448. The topological polar surface area (TPSA) is 59.6 Å². The molecule has 0 radical (unpaired) electrons. The summed E-state index contributed by atoms with van der Waals surface area (Å²) >= 11 is 0. The molecule has 2 heterocycles. The molecule has 2 aliphatic heterocycles. The van der Waals surface area contributed by atoms with Crippen LogP contribution in [0.4, 0.5) is 4.79 Å². The van der Waals surface area contributed by atoms with Gasteiger partial charge in [-0.25, -0.2) is 4.79 Å². The summed E-state index contributed by atoms with van der Waals surface area (Å²) in [5.74, 6) is 0. The zero-order valence-corrected chi connectivity index (χ0v) is 9.37. The molecule has 1 amide bonds. The molecule has 0 aromatic carbocycles. The Hall–Kier alpha value is -0.810. The molecule has 5 heteroatoms. The van der Waals surface area contributed by atoms with Crippen molar-refractivity contribution in [1.82, 2.24) is 10.6 Å². The lowest BCUT2D eigenvalue weighted by Gasteiger charge is -2.22. The SMILES string of the molecule is CC(C)(C)OC(=O)NC1C2COC1CN2. The highest BCUT2D eigenvalue weighted by atomic mass is 16.6. The number of amides is 1. The fourth-order valence-electron chi connectivity index (χ4n) is 1.97. The van der Waals surface area contributed by atoms with E-state index in [-0.39, 0.29) is 24.3 Å². The van der Waals surface area contributed by atoms with E-state index in [1.807, 2.05) is 20.8 Å². The number of rotatable bonds is 1. The van der Waals surface area contributed by atoms with Gasteiger partial charge in [-0.15, -0.1) is 0 Å². The van der Waals surface area contributed by atoms with Gasteiger partial charge in [0.1, 0.15) is 5.60 Å². The van der Waals surface area contributed by atoms with Crippen LogP contribution in [0.25, 0.3) is 0 Å². The third kappa shape index (κ3) is 2.41. The van der Waals surface area contributed by atoms with Crippen molar-refractivity contribution in [1.29, 1.82) is 0 Å². The first kappa shape index (κ1) is 10.7. The summed E-state index contributed by atoms with van der Waals surface area (Å²) in [6.07, 6.45) is -0.265. The lowest BCUT2D eigenvalue weighted by Crippen LogP contribution is -2.46. The van der Waals surface area contributed by atoms with Crippen LogP contribution in [0.1, 0.15) is 20.8 Å². The number of alkyl carbamates (subject to hydrolysis) is 1. The molecule has 3 atom stereocenters. The van der Waals surface area contributed by atoms with E-state index in [1.54, 1.807) is 0 Å². The van der Waals surface area contributed by atoms with Crippen LogP contribution < -0.4 is 10.6 Å². The Balaban J connectivity index is 1.85. The maximum Gasteiger partial charge on any atom is 0.408 e. The van der Waals surface area contributed by atoms with Gasteiger partial charge in [0.25, 0.3) is 0 Å². The Labute approximate surface area is 89.5 Å². The van der Waals surface area contributed by atoms with Gasteiger partial charge < -0.3 is 20.1 Å². The summed E-state index contributed by atoms with van der Waals surface area (Å²) in [5, 5.41) is 6.13. The number of hydrogen-bond acceptors (Lipinski definition) is 4. The molecule has 2 bridgehead atoms.